The van der Waals surface area contributed by atoms with Crippen LogP contribution in [0.25, 0.3) is 0 Å². The molecule has 2 nitrogen and oxygen atoms in total. The zero-order valence-corrected chi connectivity index (χ0v) is 17.6. The van der Waals surface area contributed by atoms with Gasteiger partial charge in [0.05, 0.1) is 0 Å². The van der Waals surface area contributed by atoms with Crippen LogP contribution in [-0.2, 0) is 6.42 Å². The second kappa shape index (κ2) is 7.62. The molecule has 0 aliphatic heterocycles. The molecule has 4 atom stereocenters. The van der Waals surface area contributed by atoms with Crippen LogP contribution in [0.1, 0.15) is 75.3 Å². The minimum Gasteiger partial charge on any atom is -0.399 e. The highest BCUT2D eigenvalue weighted by Crippen LogP contribution is 2.62. The second-order valence-electron chi connectivity index (χ2n) is 9.90. The second-order valence-corrected chi connectivity index (χ2v) is 9.90. The maximum atomic E-state index is 6.05. The number of nitrogens with zero attached hydrogens (tertiary/aromatic N) is 1. The van der Waals surface area contributed by atoms with Gasteiger partial charge in [0.15, 0.2) is 0 Å². The van der Waals surface area contributed by atoms with Crippen LogP contribution in [0.2, 0.25) is 0 Å². The molecule has 3 aliphatic rings. The highest BCUT2D eigenvalue weighted by atomic mass is 15.0. The minimum absolute atomic E-state index is 0.480. The van der Waals surface area contributed by atoms with Gasteiger partial charge in [-0.05, 0) is 125 Å². The predicted octanol–water partition coefficient (Wildman–Crippen LogP) is 5.78. The molecule has 0 radical (unpaired) electrons. The third kappa shape index (κ3) is 3.58. The maximum absolute atomic E-state index is 6.05. The standard InChI is InChI=1S/C25H38N2/c1-25-15-14-22-21-12-10-20(26)17-18(21)8-11-23(22)24(25)13-9-19(25)7-5-4-6-16-27(2)3/h7,10,12,17,22-24H,4-6,8-9,11,13-16,26H2,1-3H3/b19-7+. The summed E-state index contributed by atoms with van der Waals surface area (Å²) < 4.78 is 0. The molecular formula is C25H38N2. The molecule has 148 valence electrons. The first kappa shape index (κ1) is 19.1. The van der Waals surface area contributed by atoms with Gasteiger partial charge in [-0.15, -0.1) is 0 Å². The normalized spacial score (nSPS) is 33.8. The molecular weight excluding hydrogens is 328 g/mol. The van der Waals surface area contributed by atoms with E-state index in [0.29, 0.717) is 5.41 Å². The fraction of sp³-hybridized carbons (Fsp3) is 0.680. The van der Waals surface area contributed by atoms with Crippen molar-refractivity contribution in [3.8, 4) is 0 Å². The molecule has 4 rings (SSSR count). The summed E-state index contributed by atoms with van der Waals surface area (Å²) in [5.41, 5.74) is 12.4. The Bertz CT molecular complexity index is 704. The van der Waals surface area contributed by atoms with Crippen LogP contribution >= 0.6 is 0 Å². The van der Waals surface area contributed by atoms with Crippen LogP contribution in [0.15, 0.2) is 29.8 Å². The van der Waals surface area contributed by atoms with Crippen molar-refractivity contribution in [1.82, 2.24) is 4.90 Å². The predicted molar refractivity (Wildman–Crippen MR) is 116 cm³/mol. The Morgan fingerprint density at radius 3 is 2.81 bits per heavy atom. The van der Waals surface area contributed by atoms with E-state index in [-0.39, 0.29) is 0 Å². The number of fused-ring (bicyclic) bond motifs is 5. The summed E-state index contributed by atoms with van der Waals surface area (Å²) in [6, 6.07) is 6.72. The average Bonchev–Trinajstić information content (AvgIpc) is 2.97. The first-order chi connectivity index (χ1) is 13.0. The van der Waals surface area contributed by atoms with Gasteiger partial charge in [0.1, 0.15) is 0 Å². The third-order valence-corrected chi connectivity index (χ3v) is 8.05. The molecule has 1 aromatic carbocycles. The molecule has 4 unspecified atom stereocenters. The number of benzene rings is 1. The van der Waals surface area contributed by atoms with E-state index in [9.17, 15) is 0 Å². The topological polar surface area (TPSA) is 29.3 Å². The molecule has 2 heteroatoms. The average molecular weight is 367 g/mol. The zero-order chi connectivity index (χ0) is 19.0. The molecule has 0 spiro atoms. The van der Waals surface area contributed by atoms with Crippen molar-refractivity contribution in [1.29, 1.82) is 0 Å². The lowest BCUT2D eigenvalue weighted by Gasteiger charge is -2.49. The maximum Gasteiger partial charge on any atom is 0.0316 e. The van der Waals surface area contributed by atoms with Gasteiger partial charge in [-0.1, -0.05) is 24.6 Å². The Hall–Kier alpha value is -1.28. The lowest BCUT2D eigenvalue weighted by atomic mass is 9.55. The zero-order valence-electron chi connectivity index (χ0n) is 17.6. The van der Waals surface area contributed by atoms with Crippen molar-refractivity contribution in [2.24, 2.45) is 17.3 Å². The van der Waals surface area contributed by atoms with E-state index in [2.05, 4.69) is 50.2 Å². The van der Waals surface area contributed by atoms with Crippen LogP contribution in [0.4, 0.5) is 5.69 Å². The van der Waals surface area contributed by atoms with E-state index in [1.54, 1.807) is 11.1 Å². The summed E-state index contributed by atoms with van der Waals surface area (Å²) in [5.74, 6) is 2.57. The van der Waals surface area contributed by atoms with Gasteiger partial charge in [0, 0.05) is 5.69 Å². The first-order valence-corrected chi connectivity index (χ1v) is 11.2. The molecule has 3 aliphatic carbocycles. The van der Waals surface area contributed by atoms with Crippen LogP contribution in [0.3, 0.4) is 0 Å². The SMILES string of the molecule is CN(C)CCCC/C=C1\CCC2C3CCc4cc(N)ccc4C3CCC12C. The van der Waals surface area contributed by atoms with Crippen molar-refractivity contribution < 1.29 is 0 Å². The number of nitrogen functional groups attached to an aromatic ring is 1. The van der Waals surface area contributed by atoms with Crippen molar-refractivity contribution in [3.63, 3.8) is 0 Å². The number of anilines is 1. The van der Waals surface area contributed by atoms with Crippen molar-refractivity contribution in [2.75, 3.05) is 26.4 Å². The number of rotatable bonds is 5. The van der Waals surface area contributed by atoms with Crippen LogP contribution < -0.4 is 5.73 Å². The van der Waals surface area contributed by atoms with Crippen molar-refractivity contribution in [3.05, 3.63) is 41.0 Å². The van der Waals surface area contributed by atoms with E-state index >= 15 is 0 Å². The number of aryl methyl sites for hydroxylation is 1. The monoisotopic (exact) mass is 366 g/mol. The van der Waals surface area contributed by atoms with Gasteiger partial charge in [-0.3, -0.25) is 0 Å². The molecule has 2 saturated carbocycles. The van der Waals surface area contributed by atoms with Crippen molar-refractivity contribution in [2.45, 2.75) is 70.6 Å². The van der Waals surface area contributed by atoms with Crippen LogP contribution in [0.5, 0.6) is 0 Å². The van der Waals surface area contributed by atoms with Crippen LogP contribution in [-0.4, -0.2) is 25.5 Å². The van der Waals surface area contributed by atoms with Gasteiger partial charge in [0.25, 0.3) is 0 Å². The molecule has 0 heterocycles. The lowest BCUT2D eigenvalue weighted by molar-refractivity contribution is 0.0813. The molecule has 0 amide bonds. The summed E-state index contributed by atoms with van der Waals surface area (Å²) >= 11 is 0. The third-order valence-electron chi connectivity index (χ3n) is 8.05. The Balaban J connectivity index is 1.46. The first-order valence-electron chi connectivity index (χ1n) is 11.2. The highest BCUT2D eigenvalue weighted by Gasteiger charge is 2.52. The van der Waals surface area contributed by atoms with E-state index < -0.39 is 0 Å². The molecule has 0 bridgehead atoms. The molecule has 0 saturated heterocycles. The molecule has 27 heavy (non-hydrogen) atoms. The largest absolute Gasteiger partial charge is 0.399 e. The summed E-state index contributed by atoms with van der Waals surface area (Å²) in [4.78, 5) is 2.30. The number of hydrogen-bond acceptors (Lipinski definition) is 2. The van der Waals surface area contributed by atoms with E-state index in [1.165, 1.54) is 69.9 Å². The molecule has 1 aromatic rings. The van der Waals surface area contributed by atoms with Gasteiger partial charge in [0.2, 0.25) is 0 Å². The number of allylic oxidation sites excluding steroid dienone is 2. The fourth-order valence-electron chi connectivity index (χ4n) is 6.63. The molecule has 2 N–H and O–H groups in total. The Kier molecular flexibility index (Phi) is 5.38. The van der Waals surface area contributed by atoms with E-state index in [0.717, 1.165) is 23.4 Å². The fourth-order valence-corrected chi connectivity index (χ4v) is 6.63. The summed E-state index contributed by atoms with van der Waals surface area (Å²) in [6.07, 6.45) is 14.7. The summed E-state index contributed by atoms with van der Waals surface area (Å²) in [6.45, 7) is 3.82. The minimum atomic E-state index is 0.480. The number of unbranched alkanes of at least 4 members (excludes halogenated alkanes) is 2. The highest BCUT2D eigenvalue weighted by molar-refractivity contribution is 5.47. The van der Waals surface area contributed by atoms with Crippen LogP contribution in [0, 0.1) is 17.3 Å². The van der Waals surface area contributed by atoms with E-state index in [1.807, 2.05) is 0 Å². The Morgan fingerprint density at radius 2 is 2.00 bits per heavy atom. The van der Waals surface area contributed by atoms with Gasteiger partial charge < -0.3 is 10.6 Å². The van der Waals surface area contributed by atoms with Gasteiger partial charge >= 0.3 is 0 Å². The van der Waals surface area contributed by atoms with Gasteiger partial charge in [-0.25, -0.2) is 0 Å². The number of hydrogen-bond donors (Lipinski definition) is 1. The van der Waals surface area contributed by atoms with Crippen molar-refractivity contribution >= 4 is 5.69 Å². The van der Waals surface area contributed by atoms with E-state index in [4.69, 9.17) is 5.73 Å². The Morgan fingerprint density at radius 1 is 1.15 bits per heavy atom. The quantitative estimate of drug-likeness (QED) is 0.406. The Labute approximate surface area is 166 Å². The number of nitrogens with two attached hydrogens (primary N) is 1. The van der Waals surface area contributed by atoms with Gasteiger partial charge in [-0.2, -0.15) is 0 Å². The summed E-state index contributed by atoms with van der Waals surface area (Å²) in [7, 11) is 4.35. The molecule has 2 fully saturated rings. The lowest BCUT2D eigenvalue weighted by Crippen LogP contribution is -2.40. The summed E-state index contributed by atoms with van der Waals surface area (Å²) in [5, 5.41) is 0. The smallest absolute Gasteiger partial charge is 0.0316 e. The molecule has 0 aromatic heterocycles.